The smallest absolute Gasteiger partial charge is 0.226 e. The summed E-state index contributed by atoms with van der Waals surface area (Å²) < 4.78 is 5.39. The maximum atomic E-state index is 12.6. The van der Waals surface area contributed by atoms with Crippen LogP contribution < -0.4 is 15.0 Å². The van der Waals surface area contributed by atoms with Crippen molar-refractivity contribution in [1.29, 1.82) is 0 Å². The first kappa shape index (κ1) is 21.5. The van der Waals surface area contributed by atoms with E-state index in [1.54, 1.807) is 7.11 Å². The summed E-state index contributed by atoms with van der Waals surface area (Å²) in [5.41, 5.74) is 1.92. The van der Waals surface area contributed by atoms with Crippen LogP contribution in [0, 0.1) is 0 Å². The molecule has 0 aliphatic carbocycles. The molecule has 2 aromatic rings. The molecule has 29 heavy (non-hydrogen) atoms. The van der Waals surface area contributed by atoms with Crippen molar-refractivity contribution in [2.45, 2.75) is 32.2 Å². The number of piperidine rings is 1. The summed E-state index contributed by atoms with van der Waals surface area (Å²) in [6, 6.07) is 15.9. The zero-order valence-corrected chi connectivity index (χ0v) is 18.0. The van der Waals surface area contributed by atoms with Crippen molar-refractivity contribution in [2.24, 2.45) is 0 Å². The van der Waals surface area contributed by atoms with Crippen LogP contribution >= 0.6 is 11.6 Å². The van der Waals surface area contributed by atoms with Gasteiger partial charge in [0.15, 0.2) is 0 Å². The van der Waals surface area contributed by atoms with Gasteiger partial charge in [-0.1, -0.05) is 36.7 Å². The second-order valence-electron chi connectivity index (χ2n) is 7.30. The van der Waals surface area contributed by atoms with Crippen LogP contribution in [0.4, 0.5) is 11.4 Å². The third-order valence-electron chi connectivity index (χ3n) is 5.43. The van der Waals surface area contributed by atoms with E-state index in [1.807, 2.05) is 60.4 Å². The Kier molecular flexibility index (Phi) is 7.78. The summed E-state index contributed by atoms with van der Waals surface area (Å²) in [4.78, 5) is 17.0. The van der Waals surface area contributed by atoms with Crippen LogP contribution in [0.25, 0.3) is 0 Å². The minimum Gasteiger partial charge on any atom is -0.495 e. The van der Waals surface area contributed by atoms with Gasteiger partial charge in [0.2, 0.25) is 5.91 Å². The lowest BCUT2D eigenvalue weighted by atomic mass is 10.0. The van der Waals surface area contributed by atoms with Gasteiger partial charge in [0.1, 0.15) is 5.75 Å². The number of anilines is 2. The van der Waals surface area contributed by atoms with Gasteiger partial charge in [-0.15, -0.1) is 0 Å². The summed E-state index contributed by atoms with van der Waals surface area (Å²) in [5.74, 6) is 0.994. The molecule has 0 saturated carbocycles. The number of hydrogen-bond donors (Lipinski definition) is 1. The standard InChI is InChI=1S/C23H30ClN3O2/c1-3-23(28)27(19-7-5-4-6-8-19)20-11-14-26(15-12-20)16-13-25-21-17-18(24)9-10-22(21)29-2/h4-10,17,20,25H,3,11-16H2,1-2H3. The molecule has 6 heteroatoms. The number of nitrogens with zero attached hydrogens (tertiary/aromatic N) is 2. The Morgan fingerprint density at radius 1 is 1.21 bits per heavy atom. The molecule has 1 N–H and O–H groups in total. The first-order chi connectivity index (χ1) is 14.1. The first-order valence-corrected chi connectivity index (χ1v) is 10.7. The van der Waals surface area contributed by atoms with Crippen molar-refractivity contribution in [3.63, 3.8) is 0 Å². The lowest BCUT2D eigenvalue weighted by molar-refractivity contribution is -0.119. The number of nitrogens with one attached hydrogen (secondary N) is 1. The van der Waals surface area contributed by atoms with Gasteiger partial charge in [-0.25, -0.2) is 0 Å². The third kappa shape index (κ3) is 5.64. The number of hydrogen-bond acceptors (Lipinski definition) is 4. The zero-order valence-electron chi connectivity index (χ0n) is 17.2. The fourth-order valence-electron chi connectivity index (χ4n) is 3.89. The Morgan fingerprint density at radius 2 is 1.93 bits per heavy atom. The Labute approximate surface area is 178 Å². The molecule has 0 bridgehead atoms. The highest BCUT2D eigenvalue weighted by molar-refractivity contribution is 6.30. The lowest BCUT2D eigenvalue weighted by Gasteiger charge is -2.38. The topological polar surface area (TPSA) is 44.8 Å². The molecule has 0 aromatic heterocycles. The summed E-state index contributed by atoms with van der Waals surface area (Å²) >= 11 is 6.10. The Morgan fingerprint density at radius 3 is 2.59 bits per heavy atom. The third-order valence-corrected chi connectivity index (χ3v) is 5.67. The summed E-state index contributed by atoms with van der Waals surface area (Å²) in [7, 11) is 1.66. The molecule has 2 aromatic carbocycles. The van der Waals surface area contributed by atoms with Crippen molar-refractivity contribution in [2.75, 3.05) is 43.5 Å². The molecule has 1 amide bonds. The highest BCUT2D eigenvalue weighted by Gasteiger charge is 2.28. The molecule has 5 nitrogen and oxygen atoms in total. The second-order valence-corrected chi connectivity index (χ2v) is 7.73. The largest absolute Gasteiger partial charge is 0.495 e. The number of carbonyl (C=O) groups is 1. The fraction of sp³-hybridized carbons (Fsp3) is 0.435. The Balaban J connectivity index is 1.52. The van der Waals surface area contributed by atoms with Crippen LogP contribution in [0.5, 0.6) is 5.75 Å². The van der Waals surface area contributed by atoms with Gasteiger partial charge in [0.05, 0.1) is 12.8 Å². The molecule has 1 aliphatic heterocycles. The molecule has 0 atom stereocenters. The Bertz CT molecular complexity index is 792. The minimum atomic E-state index is 0.198. The molecule has 156 valence electrons. The van der Waals surface area contributed by atoms with E-state index in [0.29, 0.717) is 11.4 Å². The highest BCUT2D eigenvalue weighted by atomic mass is 35.5. The van der Waals surface area contributed by atoms with E-state index in [2.05, 4.69) is 10.2 Å². The van der Waals surface area contributed by atoms with Gasteiger partial charge >= 0.3 is 0 Å². The van der Waals surface area contributed by atoms with Gasteiger partial charge in [0, 0.05) is 49.4 Å². The fourth-order valence-corrected chi connectivity index (χ4v) is 4.06. The Hall–Kier alpha value is -2.24. The molecule has 0 spiro atoms. The highest BCUT2D eigenvalue weighted by Crippen LogP contribution is 2.28. The predicted octanol–water partition coefficient (Wildman–Crippen LogP) is 4.67. The maximum Gasteiger partial charge on any atom is 0.226 e. The molecule has 0 radical (unpaired) electrons. The van der Waals surface area contributed by atoms with Crippen LogP contribution in [-0.4, -0.2) is 50.1 Å². The molecule has 1 fully saturated rings. The van der Waals surface area contributed by atoms with Crippen molar-refractivity contribution in [3.8, 4) is 5.75 Å². The van der Waals surface area contributed by atoms with E-state index in [0.717, 1.165) is 56.1 Å². The van der Waals surface area contributed by atoms with E-state index < -0.39 is 0 Å². The predicted molar refractivity (Wildman–Crippen MR) is 120 cm³/mol. The summed E-state index contributed by atoms with van der Waals surface area (Å²) in [5, 5.41) is 4.11. The van der Waals surface area contributed by atoms with Crippen molar-refractivity contribution < 1.29 is 9.53 Å². The van der Waals surface area contributed by atoms with Gasteiger partial charge < -0.3 is 19.9 Å². The van der Waals surface area contributed by atoms with E-state index >= 15 is 0 Å². The number of benzene rings is 2. The minimum absolute atomic E-state index is 0.198. The number of methoxy groups -OCH3 is 1. The summed E-state index contributed by atoms with van der Waals surface area (Å²) in [6.07, 6.45) is 2.50. The number of ether oxygens (including phenoxy) is 1. The first-order valence-electron chi connectivity index (χ1n) is 10.3. The number of likely N-dealkylation sites (tertiary alicyclic amines) is 1. The van der Waals surface area contributed by atoms with Gasteiger partial charge in [0.25, 0.3) is 0 Å². The van der Waals surface area contributed by atoms with Crippen molar-refractivity contribution >= 4 is 28.9 Å². The van der Waals surface area contributed by atoms with Gasteiger partial charge in [-0.05, 0) is 43.2 Å². The zero-order chi connectivity index (χ0) is 20.6. The van der Waals surface area contributed by atoms with E-state index in [9.17, 15) is 4.79 Å². The van der Waals surface area contributed by atoms with Crippen LogP contribution in [0.3, 0.4) is 0 Å². The second kappa shape index (κ2) is 10.5. The van der Waals surface area contributed by atoms with Gasteiger partial charge in [-0.2, -0.15) is 0 Å². The van der Waals surface area contributed by atoms with E-state index in [4.69, 9.17) is 16.3 Å². The van der Waals surface area contributed by atoms with E-state index in [-0.39, 0.29) is 11.9 Å². The molecule has 1 saturated heterocycles. The monoisotopic (exact) mass is 415 g/mol. The van der Waals surface area contributed by atoms with Crippen molar-refractivity contribution in [1.82, 2.24) is 4.90 Å². The normalized spacial score (nSPS) is 15.1. The van der Waals surface area contributed by atoms with Crippen molar-refractivity contribution in [3.05, 3.63) is 53.6 Å². The number of rotatable bonds is 8. The molecular weight excluding hydrogens is 386 g/mol. The molecule has 1 aliphatic rings. The maximum absolute atomic E-state index is 12.6. The van der Waals surface area contributed by atoms with Gasteiger partial charge in [-0.3, -0.25) is 4.79 Å². The van der Waals surface area contributed by atoms with Crippen LogP contribution in [-0.2, 0) is 4.79 Å². The average molecular weight is 416 g/mol. The molecule has 0 unspecified atom stereocenters. The molecule has 3 rings (SSSR count). The summed E-state index contributed by atoms with van der Waals surface area (Å²) in [6.45, 7) is 5.66. The van der Waals surface area contributed by atoms with Crippen LogP contribution in [0.1, 0.15) is 26.2 Å². The average Bonchev–Trinajstić information content (AvgIpc) is 2.76. The number of carbonyl (C=O) groups excluding carboxylic acids is 1. The van der Waals surface area contributed by atoms with E-state index in [1.165, 1.54) is 0 Å². The number of amides is 1. The van der Waals surface area contributed by atoms with Crippen LogP contribution in [0.2, 0.25) is 5.02 Å². The number of halogens is 1. The quantitative estimate of drug-likeness (QED) is 0.680. The molecule has 1 heterocycles. The number of para-hydroxylation sites is 1. The SMILES string of the molecule is CCC(=O)N(c1ccccc1)C1CCN(CCNc2cc(Cl)ccc2OC)CC1. The molecular formula is C23H30ClN3O2. The van der Waals surface area contributed by atoms with Crippen LogP contribution in [0.15, 0.2) is 48.5 Å². The lowest BCUT2D eigenvalue weighted by Crippen LogP contribution is -2.48.